The Morgan fingerprint density at radius 3 is 2.81 bits per heavy atom. The van der Waals surface area contributed by atoms with Crippen molar-refractivity contribution in [2.75, 3.05) is 6.54 Å². The van der Waals surface area contributed by atoms with E-state index in [2.05, 4.69) is 17.2 Å². The normalized spacial score (nSPS) is 10.7. The van der Waals surface area contributed by atoms with Crippen molar-refractivity contribution in [3.05, 3.63) is 51.6 Å². The first kappa shape index (κ1) is 16.1. The molecule has 0 atom stereocenters. The minimum Gasteiger partial charge on any atom is -0.439 e. The Balaban J connectivity index is 2.16. The van der Waals surface area contributed by atoms with Crippen molar-refractivity contribution in [3.8, 4) is 11.6 Å². The first-order valence-corrected chi connectivity index (χ1v) is 7.65. The van der Waals surface area contributed by atoms with E-state index in [1.165, 1.54) is 0 Å². The summed E-state index contributed by atoms with van der Waals surface area (Å²) < 4.78 is 5.81. The number of ether oxygens (including phenoxy) is 1. The number of aromatic nitrogens is 1. The van der Waals surface area contributed by atoms with Gasteiger partial charge < -0.3 is 10.1 Å². The van der Waals surface area contributed by atoms with Crippen molar-refractivity contribution in [2.45, 2.75) is 26.8 Å². The zero-order chi connectivity index (χ0) is 15.2. The Hall–Kier alpha value is -1.29. The van der Waals surface area contributed by atoms with Crippen molar-refractivity contribution in [3.63, 3.8) is 0 Å². The minimum absolute atomic E-state index is 0.512. The highest BCUT2D eigenvalue weighted by Gasteiger charge is 2.07. The lowest BCUT2D eigenvalue weighted by molar-refractivity contribution is 0.458. The van der Waals surface area contributed by atoms with E-state index in [0.29, 0.717) is 28.2 Å². The topological polar surface area (TPSA) is 34.1 Å². The molecule has 1 aromatic heterocycles. The monoisotopic (exact) mass is 324 g/mol. The van der Waals surface area contributed by atoms with E-state index in [4.69, 9.17) is 27.9 Å². The fourth-order valence-electron chi connectivity index (χ4n) is 1.85. The number of rotatable bonds is 6. The third kappa shape index (κ3) is 4.60. The number of nitrogens with zero attached hydrogens (tertiary/aromatic N) is 1. The van der Waals surface area contributed by atoms with Crippen molar-refractivity contribution in [2.24, 2.45) is 0 Å². The molecule has 0 unspecified atom stereocenters. The highest BCUT2D eigenvalue weighted by molar-refractivity contribution is 6.31. The van der Waals surface area contributed by atoms with Crippen LogP contribution in [0.1, 0.15) is 24.5 Å². The molecule has 0 aliphatic heterocycles. The first-order valence-electron chi connectivity index (χ1n) is 6.89. The van der Waals surface area contributed by atoms with Gasteiger partial charge in [0, 0.05) is 23.8 Å². The SMILES string of the molecule is CCCNCc1cc(Oc2cc(Cl)ccc2C)ncc1Cl. The van der Waals surface area contributed by atoms with Gasteiger partial charge in [0.05, 0.1) is 5.02 Å². The number of halogens is 2. The van der Waals surface area contributed by atoms with Crippen molar-refractivity contribution < 1.29 is 4.74 Å². The van der Waals surface area contributed by atoms with Crippen LogP contribution in [0.2, 0.25) is 10.0 Å². The number of aryl methyl sites for hydroxylation is 1. The molecule has 1 aromatic carbocycles. The summed E-state index contributed by atoms with van der Waals surface area (Å²) in [5.74, 6) is 1.21. The van der Waals surface area contributed by atoms with Crippen LogP contribution < -0.4 is 10.1 Å². The summed E-state index contributed by atoms with van der Waals surface area (Å²) in [7, 11) is 0. The van der Waals surface area contributed by atoms with Gasteiger partial charge in [-0.05, 0) is 43.1 Å². The zero-order valence-electron chi connectivity index (χ0n) is 12.1. The molecule has 5 heteroatoms. The Morgan fingerprint density at radius 1 is 1.24 bits per heavy atom. The van der Waals surface area contributed by atoms with Crippen LogP contribution in [-0.4, -0.2) is 11.5 Å². The average Bonchev–Trinajstić information content (AvgIpc) is 2.46. The molecule has 21 heavy (non-hydrogen) atoms. The highest BCUT2D eigenvalue weighted by Crippen LogP contribution is 2.28. The van der Waals surface area contributed by atoms with E-state index in [9.17, 15) is 0 Å². The van der Waals surface area contributed by atoms with Crippen molar-refractivity contribution in [1.29, 1.82) is 0 Å². The van der Waals surface area contributed by atoms with E-state index >= 15 is 0 Å². The molecule has 0 aliphatic rings. The summed E-state index contributed by atoms with van der Waals surface area (Å²) in [6.07, 6.45) is 2.69. The van der Waals surface area contributed by atoms with Crippen LogP contribution in [0.5, 0.6) is 11.6 Å². The molecular weight excluding hydrogens is 307 g/mol. The zero-order valence-corrected chi connectivity index (χ0v) is 13.6. The van der Waals surface area contributed by atoms with Crippen LogP contribution in [0, 0.1) is 6.92 Å². The lowest BCUT2D eigenvalue weighted by Crippen LogP contribution is -2.14. The van der Waals surface area contributed by atoms with Crippen LogP contribution >= 0.6 is 23.2 Å². The summed E-state index contributed by atoms with van der Waals surface area (Å²) in [6.45, 7) is 5.73. The Morgan fingerprint density at radius 2 is 2.05 bits per heavy atom. The first-order chi connectivity index (χ1) is 10.1. The molecule has 0 saturated heterocycles. The van der Waals surface area contributed by atoms with Gasteiger partial charge in [0.25, 0.3) is 0 Å². The fourth-order valence-corrected chi connectivity index (χ4v) is 2.18. The summed E-state index contributed by atoms with van der Waals surface area (Å²) in [6, 6.07) is 7.38. The molecule has 0 spiro atoms. The second kappa shape index (κ2) is 7.64. The third-order valence-electron chi connectivity index (χ3n) is 3.02. The third-order valence-corrected chi connectivity index (χ3v) is 3.59. The van der Waals surface area contributed by atoms with Gasteiger partial charge in [0.2, 0.25) is 5.88 Å². The number of benzene rings is 1. The van der Waals surface area contributed by atoms with Gasteiger partial charge in [-0.2, -0.15) is 0 Å². The van der Waals surface area contributed by atoms with Crippen LogP contribution in [0.3, 0.4) is 0 Å². The van der Waals surface area contributed by atoms with Crippen LogP contribution in [0.15, 0.2) is 30.5 Å². The van der Waals surface area contributed by atoms with Crippen LogP contribution in [0.4, 0.5) is 0 Å². The van der Waals surface area contributed by atoms with Crippen LogP contribution in [0.25, 0.3) is 0 Å². The Labute approximate surface area is 135 Å². The Bertz CT molecular complexity index is 617. The molecule has 0 bridgehead atoms. The molecule has 3 nitrogen and oxygen atoms in total. The fraction of sp³-hybridized carbons (Fsp3) is 0.312. The van der Waals surface area contributed by atoms with E-state index in [1.54, 1.807) is 12.3 Å². The van der Waals surface area contributed by atoms with Gasteiger partial charge in [0.1, 0.15) is 5.75 Å². The second-order valence-electron chi connectivity index (χ2n) is 4.80. The minimum atomic E-state index is 0.512. The molecular formula is C16H18Cl2N2O. The average molecular weight is 325 g/mol. The smallest absolute Gasteiger partial charge is 0.219 e. The summed E-state index contributed by atoms with van der Waals surface area (Å²) in [5.41, 5.74) is 1.97. The maximum atomic E-state index is 6.16. The van der Waals surface area contributed by atoms with Crippen molar-refractivity contribution in [1.82, 2.24) is 10.3 Å². The molecule has 0 saturated carbocycles. The summed E-state index contributed by atoms with van der Waals surface area (Å²) in [4.78, 5) is 4.21. The molecule has 1 N–H and O–H groups in total. The van der Waals surface area contributed by atoms with Gasteiger partial charge in [-0.3, -0.25) is 0 Å². The van der Waals surface area contributed by atoms with E-state index in [0.717, 1.165) is 24.1 Å². The molecule has 1 heterocycles. The molecule has 0 amide bonds. The lowest BCUT2D eigenvalue weighted by Gasteiger charge is -2.11. The second-order valence-corrected chi connectivity index (χ2v) is 5.65. The number of hydrogen-bond donors (Lipinski definition) is 1. The summed E-state index contributed by atoms with van der Waals surface area (Å²) >= 11 is 12.1. The Kier molecular flexibility index (Phi) is 5.85. The van der Waals surface area contributed by atoms with Gasteiger partial charge >= 0.3 is 0 Å². The van der Waals surface area contributed by atoms with Gasteiger partial charge in [-0.25, -0.2) is 4.98 Å². The van der Waals surface area contributed by atoms with Crippen LogP contribution in [-0.2, 0) is 6.54 Å². The van der Waals surface area contributed by atoms with E-state index in [1.807, 2.05) is 25.1 Å². The van der Waals surface area contributed by atoms with E-state index < -0.39 is 0 Å². The molecule has 2 aromatic rings. The predicted octanol–water partition coefficient (Wildman–Crippen LogP) is 4.99. The quantitative estimate of drug-likeness (QED) is 0.760. The predicted molar refractivity (Wildman–Crippen MR) is 87.5 cm³/mol. The molecule has 0 aliphatic carbocycles. The number of nitrogens with one attached hydrogen (secondary N) is 1. The number of pyridine rings is 1. The van der Waals surface area contributed by atoms with E-state index in [-0.39, 0.29) is 0 Å². The molecule has 2 rings (SSSR count). The summed E-state index contributed by atoms with van der Waals surface area (Å²) in [5, 5.41) is 4.58. The van der Waals surface area contributed by atoms with Crippen molar-refractivity contribution >= 4 is 23.2 Å². The molecule has 112 valence electrons. The molecule has 0 fully saturated rings. The van der Waals surface area contributed by atoms with Gasteiger partial charge in [-0.15, -0.1) is 0 Å². The maximum absolute atomic E-state index is 6.16. The number of hydrogen-bond acceptors (Lipinski definition) is 3. The van der Waals surface area contributed by atoms with Gasteiger partial charge in [-0.1, -0.05) is 36.2 Å². The van der Waals surface area contributed by atoms with Gasteiger partial charge in [0.15, 0.2) is 0 Å². The standard InChI is InChI=1S/C16H18Cl2N2O/c1-3-6-19-9-12-7-16(20-10-14(12)18)21-15-8-13(17)5-4-11(15)2/h4-5,7-8,10,19H,3,6,9H2,1-2H3. The molecule has 0 radical (unpaired) electrons. The maximum Gasteiger partial charge on any atom is 0.219 e. The largest absolute Gasteiger partial charge is 0.439 e. The highest BCUT2D eigenvalue weighted by atomic mass is 35.5. The lowest BCUT2D eigenvalue weighted by atomic mass is 10.2.